The first-order valence-corrected chi connectivity index (χ1v) is 9.12. The van der Waals surface area contributed by atoms with Gasteiger partial charge in [-0.3, -0.25) is 9.69 Å². The van der Waals surface area contributed by atoms with Gasteiger partial charge in [0.25, 0.3) is 0 Å². The Labute approximate surface area is 142 Å². The number of nitrogens with one attached hydrogen (secondary N) is 1. The molecule has 122 valence electrons. The van der Waals surface area contributed by atoms with Crippen molar-refractivity contribution in [2.75, 3.05) is 25.5 Å². The fourth-order valence-electron chi connectivity index (χ4n) is 2.81. The molecule has 0 saturated heterocycles. The number of carbonyl (C=O) groups is 2. The molecule has 3 rings (SSSR count). The molecule has 0 bridgehead atoms. The molecule has 1 unspecified atom stereocenters. The SMILES string of the molecule is COC(=O)c1sccc1NC(=O)CN1CCc2sccc2C1C. The normalized spacial score (nSPS) is 17.6. The average Bonchev–Trinajstić information content (AvgIpc) is 3.18. The van der Waals surface area contributed by atoms with Gasteiger partial charge in [0.1, 0.15) is 4.88 Å². The van der Waals surface area contributed by atoms with Crippen LogP contribution in [-0.4, -0.2) is 37.0 Å². The van der Waals surface area contributed by atoms with Crippen LogP contribution >= 0.6 is 22.7 Å². The van der Waals surface area contributed by atoms with E-state index < -0.39 is 5.97 Å². The number of rotatable bonds is 4. The fourth-order valence-corrected chi connectivity index (χ4v) is 4.54. The predicted molar refractivity (Wildman–Crippen MR) is 92.3 cm³/mol. The zero-order valence-corrected chi connectivity index (χ0v) is 14.6. The summed E-state index contributed by atoms with van der Waals surface area (Å²) < 4.78 is 4.72. The molecule has 5 nitrogen and oxygen atoms in total. The van der Waals surface area contributed by atoms with Gasteiger partial charge in [-0.2, -0.15) is 0 Å². The van der Waals surface area contributed by atoms with Crippen LogP contribution in [0.5, 0.6) is 0 Å². The summed E-state index contributed by atoms with van der Waals surface area (Å²) in [5.41, 5.74) is 1.84. The number of hydrogen-bond donors (Lipinski definition) is 1. The van der Waals surface area contributed by atoms with Crippen molar-refractivity contribution in [2.24, 2.45) is 0 Å². The van der Waals surface area contributed by atoms with Crippen molar-refractivity contribution in [3.05, 3.63) is 38.2 Å². The predicted octanol–water partition coefficient (Wildman–Crippen LogP) is 3.15. The maximum absolute atomic E-state index is 12.3. The van der Waals surface area contributed by atoms with Crippen molar-refractivity contribution in [1.82, 2.24) is 4.90 Å². The first-order chi connectivity index (χ1) is 11.1. The monoisotopic (exact) mass is 350 g/mol. The molecule has 2 aromatic heterocycles. The number of esters is 1. The highest BCUT2D eigenvalue weighted by molar-refractivity contribution is 7.12. The summed E-state index contributed by atoms with van der Waals surface area (Å²) in [7, 11) is 1.33. The summed E-state index contributed by atoms with van der Waals surface area (Å²) in [5.74, 6) is -0.538. The van der Waals surface area contributed by atoms with Crippen molar-refractivity contribution in [1.29, 1.82) is 0 Å². The smallest absolute Gasteiger partial charge is 0.350 e. The maximum Gasteiger partial charge on any atom is 0.350 e. The van der Waals surface area contributed by atoms with Crippen molar-refractivity contribution >= 4 is 40.2 Å². The highest BCUT2D eigenvalue weighted by Gasteiger charge is 2.26. The summed E-state index contributed by atoms with van der Waals surface area (Å²) in [6, 6.07) is 4.10. The molecule has 1 amide bonds. The summed E-state index contributed by atoms with van der Waals surface area (Å²) >= 11 is 3.05. The Morgan fingerprint density at radius 1 is 1.35 bits per heavy atom. The Kier molecular flexibility index (Phi) is 4.79. The largest absolute Gasteiger partial charge is 0.465 e. The van der Waals surface area contributed by atoms with Crippen LogP contribution in [0.4, 0.5) is 5.69 Å². The first-order valence-electron chi connectivity index (χ1n) is 7.36. The van der Waals surface area contributed by atoms with Crippen LogP contribution < -0.4 is 5.32 Å². The number of amides is 1. The standard InChI is InChI=1S/C16H18N2O3S2/c1-10-11-4-7-22-13(11)3-6-18(10)9-14(19)17-12-5-8-23-15(12)16(20)21-2/h4-5,7-8,10H,3,6,9H2,1-2H3,(H,17,19). The second kappa shape index (κ2) is 6.82. The van der Waals surface area contributed by atoms with E-state index in [4.69, 9.17) is 4.74 Å². The van der Waals surface area contributed by atoms with Gasteiger partial charge in [-0.1, -0.05) is 0 Å². The van der Waals surface area contributed by atoms with Gasteiger partial charge in [0.05, 0.1) is 19.3 Å². The lowest BCUT2D eigenvalue weighted by atomic mass is 10.0. The molecule has 1 aliphatic heterocycles. The number of methoxy groups -OCH3 is 1. The Hall–Kier alpha value is -1.70. The third-order valence-electron chi connectivity index (χ3n) is 4.06. The van der Waals surface area contributed by atoms with E-state index in [1.807, 2.05) is 0 Å². The number of carbonyl (C=O) groups excluding carboxylic acids is 2. The molecule has 0 radical (unpaired) electrons. The summed E-state index contributed by atoms with van der Waals surface area (Å²) in [5, 5.41) is 6.70. The lowest BCUT2D eigenvalue weighted by Crippen LogP contribution is -2.39. The van der Waals surface area contributed by atoms with Gasteiger partial charge in [0.15, 0.2) is 0 Å². The van der Waals surface area contributed by atoms with Crippen molar-refractivity contribution in [3.8, 4) is 0 Å². The van der Waals surface area contributed by atoms with Crippen LogP contribution in [0.15, 0.2) is 22.9 Å². The van der Waals surface area contributed by atoms with E-state index in [1.54, 1.807) is 22.8 Å². The number of ether oxygens (including phenoxy) is 1. The Morgan fingerprint density at radius 3 is 2.91 bits per heavy atom. The van der Waals surface area contributed by atoms with Gasteiger partial charge in [0, 0.05) is 17.5 Å². The lowest BCUT2D eigenvalue weighted by molar-refractivity contribution is -0.117. The second-order valence-corrected chi connectivity index (χ2v) is 7.32. The first kappa shape index (κ1) is 16.2. The second-order valence-electron chi connectivity index (χ2n) is 5.40. The minimum Gasteiger partial charge on any atom is -0.465 e. The summed E-state index contributed by atoms with van der Waals surface area (Å²) in [4.78, 5) is 28.0. The highest BCUT2D eigenvalue weighted by atomic mass is 32.1. The van der Waals surface area contributed by atoms with E-state index in [0.717, 1.165) is 13.0 Å². The molecule has 0 spiro atoms. The van der Waals surface area contributed by atoms with E-state index in [1.165, 1.54) is 28.9 Å². The van der Waals surface area contributed by atoms with Gasteiger partial charge in [-0.15, -0.1) is 22.7 Å². The molecular weight excluding hydrogens is 332 g/mol. The quantitative estimate of drug-likeness (QED) is 0.861. The maximum atomic E-state index is 12.3. The molecule has 0 saturated carbocycles. The van der Waals surface area contributed by atoms with Gasteiger partial charge in [-0.05, 0) is 41.8 Å². The fraction of sp³-hybridized carbons (Fsp3) is 0.375. The molecule has 1 N–H and O–H groups in total. The van der Waals surface area contributed by atoms with Crippen molar-refractivity contribution in [2.45, 2.75) is 19.4 Å². The third kappa shape index (κ3) is 3.31. The molecule has 23 heavy (non-hydrogen) atoms. The lowest BCUT2D eigenvalue weighted by Gasteiger charge is -2.32. The van der Waals surface area contributed by atoms with E-state index in [-0.39, 0.29) is 11.9 Å². The Morgan fingerprint density at radius 2 is 2.13 bits per heavy atom. The number of fused-ring (bicyclic) bond motifs is 1. The van der Waals surface area contributed by atoms with Crippen LogP contribution in [0.3, 0.4) is 0 Å². The molecule has 0 aliphatic carbocycles. The number of nitrogens with zero attached hydrogens (tertiary/aromatic N) is 1. The van der Waals surface area contributed by atoms with E-state index in [9.17, 15) is 9.59 Å². The Bertz CT molecular complexity index is 722. The zero-order chi connectivity index (χ0) is 16.4. The van der Waals surface area contributed by atoms with Crippen LogP contribution in [0.2, 0.25) is 0 Å². The molecule has 0 aromatic carbocycles. The number of thiophene rings is 2. The topological polar surface area (TPSA) is 58.6 Å². The van der Waals surface area contributed by atoms with Crippen LogP contribution in [0, 0.1) is 0 Å². The van der Waals surface area contributed by atoms with Crippen LogP contribution in [0.25, 0.3) is 0 Å². The summed E-state index contributed by atoms with van der Waals surface area (Å²) in [6.45, 7) is 3.31. The van der Waals surface area contributed by atoms with E-state index in [0.29, 0.717) is 17.1 Å². The van der Waals surface area contributed by atoms with Gasteiger partial charge in [0.2, 0.25) is 5.91 Å². The zero-order valence-electron chi connectivity index (χ0n) is 13.0. The van der Waals surface area contributed by atoms with E-state index in [2.05, 4.69) is 28.6 Å². The minimum atomic E-state index is -0.426. The molecule has 1 aliphatic rings. The molecular formula is C16H18N2O3S2. The molecule has 7 heteroatoms. The van der Waals surface area contributed by atoms with Crippen LogP contribution in [0.1, 0.15) is 33.1 Å². The molecule has 2 aromatic rings. The van der Waals surface area contributed by atoms with Gasteiger partial charge >= 0.3 is 5.97 Å². The number of anilines is 1. The van der Waals surface area contributed by atoms with Crippen molar-refractivity contribution in [3.63, 3.8) is 0 Å². The number of hydrogen-bond acceptors (Lipinski definition) is 6. The highest BCUT2D eigenvalue weighted by Crippen LogP contribution is 2.32. The minimum absolute atomic E-state index is 0.112. The van der Waals surface area contributed by atoms with Gasteiger partial charge < -0.3 is 10.1 Å². The molecule has 3 heterocycles. The third-order valence-corrected chi connectivity index (χ3v) is 5.95. The summed E-state index contributed by atoms with van der Waals surface area (Å²) in [6.07, 6.45) is 0.983. The van der Waals surface area contributed by atoms with Crippen LogP contribution in [-0.2, 0) is 16.0 Å². The van der Waals surface area contributed by atoms with Gasteiger partial charge in [-0.25, -0.2) is 4.79 Å². The van der Waals surface area contributed by atoms with E-state index >= 15 is 0 Å². The Balaban J connectivity index is 1.65. The van der Waals surface area contributed by atoms with Crippen molar-refractivity contribution < 1.29 is 14.3 Å². The molecule has 1 atom stereocenters. The molecule has 0 fully saturated rings. The average molecular weight is 350 g/mol.